The van der Waals surface area contributed by atoms with Crippen LogP contribution in [0.3, 0.4) is 0 Å². The summed E-state index contributed by atoms with van der Waals surface area (Å²) in [7, 11) is 0. The molecule has 24 heavy (non-hydrogen) atoms. The molecule has 2 heterocycles. The number of hydrogen-bond acceptors (Lipinski definition) is 7. The molecule has 0 unspecified atom stereocenters. The summed E-state index contributed by atoms with van der Waals surface area (Å²) < 4.78 is 11.2. The highest BCUT2D eigenvalue weighted by molar-refractivity contribution is 5.83. The van der Waals surface area contributed by atoms with E-state index in [9.17, 15) is 15.2 Å². The van der Waals surface area contributed by atoms with Crippen molar-refractivity contribution >= 4 is 16.7 Å². The minimum Gasteiger partial charge on any atom is -0.508 e. The van der Waals surface area contributed by atoms with Gasteiger partial charge in [0.05, 0.1) is 4.92 Å². The number of non-ortho nitro benzene ring substituents is 1. The van der Waals surface area contributed by atoms with Crippen molar-refractivity contribution in [1.82, 2.24) is 10.2 Å². The van der Waals surface area contributed by atoms with Gasteiger partial charge in [-0.3, -0.25) is 10.1 Å². The third-order valence-corrected chi connectivity index (χ3v) is 3.44. The van der Waals surface area contributed by atoms with Gasteiger partial charge in [0.1, 0.15) is 11.3 Å². The van der Waals surface area contributed by atoms with Gasteiger partial charge < -0.3 is 13.9 Å². The molecule has 4 rings (SSSR count). The first kappa shape index (κ1) is 13.9. The lowest BCUT2D eigenvalue weighted by Crippen LogP contribution is -1.85. The number of nitrogens with zero attached hydrogens (tertiary/aromatic N) is 3. The van der Waals surface area contributed by atoms with Crippen LogP contribution in [-0.2, 0) is 0 Å². The molecule has 0 spiro atoms. The molecule has 0 saturated heterocycles. The lowest BCUT2D eigenvalue weighted by molar-refractivity contribution is -0.384. The van der Waals surface area contributed by atoms with Gasteiger partial charge in [-0.2, -0.15) is 0 Å². The van der Waals surface area contributed by atoms with Crippen molar-refractivity contribution in [2.24, 2.45) is 0 Å². The molecular formula is C16H9N3O5. The Morgan fingerprint density at radius 1 is 1.00 bits per heavy atom. The summed E-state index contributed by atoms with van der Waals surface area (Å²) in [6.07, 6.45) is 0. The third-order valence-electron chi connectivity index (χ3n) is 3.44. The molecule has 0 saturated carbocycles. The van der Waals surface area contributed by atoms with E-state index in [1.807, 2.05) is 0 Å². The number of rotatable bonds is 3. The number of phenolic OH excluding ortho intramolecular Hbond substituents is 1. The molecule has 2 aromatic carbocycles. The molecule has 2 aromatic heterocycles. The van der Waals surface area contributed by atoms with Crippen molar-refractivity contribution < 1.29 is 18.9 Å². The predicted octanol–water partition coefficient (Wildman–Crippen LogP) is 3.76. The summed E-state index contributed by atoms with van der Waals surface area (Å²) in [5.41, 5.74) is 1.02. The van der Waals surface area contributed by atoms with E-state index in [0.717, 1.165) is 0 Å². The van der Waals surface area contributed by atoms with Crippen molar-refractivity contribution in [2.75, 3.05) is 0 Å². The van der Waals surface area contributed by atoms with Crippen LogP contribution < -0.4 is 0 Å². The molecule has 8 heteroatoms. The Balaban J connectivity index is 1.74. The first-order valence-electron chi connectivity index (χ1n) is 6.91. The van der Waals surface area contributed by atoms with Crippen LogP contribution in [0.1, 0.15) is 0 Å². The maximum atomic E-state index is 10.8. The second kappa shape index (κ2) is 5.20. The van der Waals surface area contributed by atoms with Gasteiger partial charge in [0.15, 0.2) is 5.76 Å². The number of phenols is 1. The van der Waals surface area contributed by atoms with Crippen LogP contribution in [0.4, 0.5) is 5.69 Å². The quantitative estimate of drug-likeness (QED) is 0.450. The third kappa shape index (κ3) is 2.35. The van der Waals surface area contributed by atoms with E-state index in [0.29, 0.717) is 22.3 Å². The molecule has 8 nitrogen and oxygen atoms in total. The van der Waals surface area contributed by atoms with Crippen molar-refractivity contribution in [3.8, 4) is 28.9 Å². The normalized spacial score (nSPS) is 11.0. The molecule has 0 amide bonds. The van der Waals surface area contributed by atoms with Crippen LogP contribution in [0.25, 0.3) is 34.1 Å². The molecule has 118 valence electrons. The maximum Gasteiger partial charge on any atom is 0.283 e. The van der Waals surface area contributed by atoms with Gasteiger partial charge in [-0.15, -0.1) is 10.2 Å². The monoisotopic (exact) mass is 323 g/mol. The summed E-state index contributed by atoms with van der Waals surface area (Å²) in [5, 5.41) is 28.7. The van der Waals surface area contributed by atoms with E-state index in [-0.39, 0.29) is 23.2 Å². The summed E-state index contributed by atoms with van der Waals surface area (Å²) in [4.78, 5) is 10.3. The maximum absolute atomic E-state index is 10.8. The van der Waals surface area contributed by atoms with Gasteiger partial charge in [-0.25, -0.2) is 0 Å². The smallest absolute Gasteiger partial charge is 0.283 e. The SMILES string of the molecule is O=[N+]([O-])c1ccc2oc(-c3nnc(-c4cccc(O)c4)o3)cc2c1. The molecule has 0 aliphatic heterocycles. The molecule has 0 fully saturated rings. The number of aromatic hydroxyl groups is 1. The lowest BCUT2D eigenvalue weighted by Gasteiger charge is -1.94. The zero-order chi connectivity index (χ0) is 16.7. The van der Waals surface area contributed by atoms with Crippen LogP contribution in [0.5, 0.6) is 5.75 Å². The van der Waals surface area contributed by atoms with E-state index < -0.39 is 4.92 Å². The molecule has 0 aliphatic rings. The highest BCUT2D eigenvalue weighted by Crippen LogP contribution is 2.31. The fourth-order valence-corrected chi connectivity index (χ4v) is 2.33. The first-order valence-corrected chi connectivity index (χ1v) is 6.91. The highest BCUT2D eigenvalue weighted by Gasteiger charge is 2.16. The summed E-state index contributed by atoms with van der Waals surface area (Å²) >= 11 is 0. The van der Waals surface area contributed by atoms with Gasteiger partial charge in [-0.1, -0.05) is 6.07 Å². The second-order valence-electron chi connectivity index (χ2n) is 5.05. The topological polar surface area (TPSA) is 115 Å². The standard InChI is InChI=1S/C16H9N3O5/c20-12-3-1-2-9(7-12)15-17-18-16(24-15)14-8-10-6-11(19(21)22)4-5-13(10)23-14/h1-8,20H. The summed E-state index contributed by atoms with van der Waals surface area (Å²) in [6.45, 7) is 0. The Kier molecular flexibility index (Phi) is 3.02. The number of nitro benzene ring substituents is 1. The Labute approximate surface area is 134 Å². The number of benzene rings is 2. The number of fused-ring (bicyclic) bond motifs is 1. The molecule has 1 N–H and O–H groups in total. The summed E-state index contributed by atoms with van der Waals surface area (Å²) in [5.74, 6) is 0.771. The van der Waals surface area contributed by atoms with E-state index >= 15 is 0 Å². The second-order valence-corrected chi connectivity index (χ2v) is 5.05. The first-order chi connectivity index (χ1) is 11.6. The number of hydrogen-bond donors (Lipinski definition) is 1. The van der Waals surface area contributed by atoms with Crippen LogP contribution in [-0.4, -0.2) is 20.2 Å². The fraction of sp³-hybridized carbons (Fsp3) is 0. The molecule has 4 aromatic rings. The van der Waals surface area contributed by atoms with Gasteiger partial charge >= 0.3 is 0 Å². The number of nitro groups is 1. The lowest BCUT2D eigenvalue weighted by atomic mass is 10.2. The fourth-order valence-electron chi connectivity index (χ4n) is 2.33. The van der Waals surface area contributed by atoms with Crippen LogP contribution in [0, 0.1) is 10.1 Å². The predicted molar refractivity (Wildman–Crippen MR) is 83.3 cm³/mol. The van der Waals surface area contributed by atoms with Gasteiger partial charge in [0.2, 0.25) is 5.89 Å². The molecule has 0 aliphatic carbocycles. The van der Waals surface area contributed by atoms with Crippen molar-refractivity contribution in [3.63, 3.8) is 0 Å². The number of furan rings is 1. The van der Waals surface area contributed by atoms with Crippen LogP contribution in [0.2, 0.25) is 0 Å². The highest BCUT2D eigenvalue weighted by atomic mass is 16.6. The van der Waals surface area contributed by atoms with Crippen LogP contribution in [0.15, 0.2) is 57.4 Å². The molecule has 0 atom stereocenters. The number of aromatic nitrogens is 2. The van der Waals surface area contributed by atoms with Gasteiger partial charge in [0, 0.05) is 23.1 Å². The Bertz CT molecular complexity index is 1070. The van der Waals surface area contributed by atoms with E-state index in [1.54, 1.807) is 18.2 Å². The largest absolute Gasteiger partial charge is 0.508 e. The average molecular weight is 323 g/mol. The van der Waals surface area contributed by atoms with E-state index in [1.165, 1.54) is 30.3 Å². The molecule has 0 radical (unpaired) electrons. The zero-order valence-electron chi connectivity index (χ0n) is 12.0. The minimum atomic E-state index is -0.473. The van der Waals surface area contributed by atoms with Crippen molar-refractivity contribution in [2.45, 2.75) is 0 Å². The zero-order valence-corrected chi connectivity index (χ0v) is 12.0. The van der Waals surface area contributed by atoms with Crippen molar-refractivity contribution in [1.29, 1.82) is 0 Å². The molecule has 0 bridgehead atoms. The van der Waals surface area contributed by atoms with Gasteiger partial charge in [-0.05, 0) is 30.3 Å². The summed E-state index contributed by atoms with van der Waals surface area (Å²) in [6, 6.07) is 12.3. The van der Waals surface area contributed by atoms with Crippen LogP contribution >= 0.6 is 0 Å². The Morgan fingerprint density at radius 2 is 1.83 bits per heavy atom. The Morgan fingerprint density at radius 3 is 2.62 bits per heavy atom. The minimum absolute atomic E-state index is 0.0270. The Hall–Kier alpha value is -3.68. The van der Waals surface area contributed by atoms with Crippen molar-refractivity contribution in [3.05, 3.63) is 58.6 Å². The van der Waals surface area contributed by atoms with Gasteiger partial charge in [0.25, 0.3) is 11.6 Å². The van der Waals surface area contributed by atoms with E-state index in [2.05, 4.69) is 10.2 Å². The van der Waals surface area contributed by atoms with E-state index in [4.69, 9.17) is 8.83 Å². The molecular weight excluding hydrogens is 314 g/mol. The average Bonchev–Trinajstić information content (AvgIpc) is 3.20.